The number of imidazole rings is 1. The lowest BCUT2D eigenvalue weighted by Crippen LogP contribution is -2.40. The molecule has 104 valence electrons. The summed E-state index contributed by atoms with van der Waals surface area (Å²) < 4.78 is 14.5. The Kier molecular flexibility index (Phi) is 2.89. The zero-order valence-corrected chi connectivity index (χ0v) is 10.5. The number of aliphatic carboxylic acids is 1. The Balaban J connectivity index is 1.94. The summed E-state index contributed by atoms with van der Waals surface area (Å²) in [6, 6.07) is 1.92. The summed E-state index contributed by atoms with van der Waals surface area (Å²) in [7, 11) is 0. The Hall–Kier alpha value is -2.44. The number of carboxylic acid groups (broad SMARTS) is 1. The van der Waals surface area contributed by atoms with Gasteiger partial charge in [0.15, 0.2) is 0 Å². The van der Waals surface area contributed by atoms with Gasteiger partial charge in [-0.3, -0.25) is 4.79 Å². The molecule has 0 spiro atoms. The zero-order valence-electron chi connectivity index (χ0n) is 10.5. The van der Waals surface area contributed by atoms with Crippen molar-refractivity contribution in [3.8, 4) is 0 Å². The molecular weight excluding hydrogens is 265 g/mol. The molecule has 2 aromatic heterocycles. The highest BCUT2D eigenvalue weighted by Crippen LogP contribution is 2.20. The van der Waals surface area contributed by atoms with Crippen LogP contribution in [0, 0.1) is 5.82 Å². The van der Waals surface area contributed by atoms with Gasteiger partial charge >= 0.3 is 5.97 Å². The van der Waals surface area contributed by atoms with E-state index in [1.807, 2.05) is 0 Å². The van der Waals surface area contributed by atoms with Crippen LogP contribution in [0.5, 0.6) is 0 Å². The fourth-order valence-corrected chi connectivity index (χ4v) is 2.48. The Bertz CT molecular complexity index is 697. The highest BCUT2D eigenvalue weighted by atomic mass is 19.1. The molecular formula is C13H12FN3O3. The Labute approximate surface area is 113 Å². The third-order valence-electron chi connectivity index (χ3n) is 3.43. The minimum Gasteiger partial charge on any atom is -0.480 e. The summed E-state index contributed by atoms with van der Waals surface area (Å²) in [5, 5.41) is 9.09. The van der Waals surface area contributed by atoms with Gasteiger partial charge in [0.2, 0.25) is 0 Å². The number of carbonyl (C=O) groups excluding carboxylic acids is 1. The van der Waals surface area contributed by atoms with Gasteiger partial charge in [0.1, 0.15) is 23.2 Å². The van der Waals surface area contributed by atoms with Crippen molar-refractivity contribution in [1.29, 1.82) is 0 Å². The van der Waals surface area contributed by atoms with E-state index in [1.54, 1.807) is 0 Å². The molecule has 1 fully saturated rings. The van der Waals surface area contributed by atoms with E-state index in [0.29, 0.717) is 25.0 Å². The lowest BCUT2D eigenvalue weighted by Gasteiger charge is -2.19. The number of rotatable bonds is 2. The van der Waals surface area contributed by atoms with Crippen LogP contribution in [-0.2, 0) is 4.79 Å². The largest absolute Gasteiger partial charge is 0.480 e. The van der Waals surface area contributed by atoms with Crippen molar-refractivity contribution in [1.82, 2.24) is 14.3 Å². The minimum absolute atomic E-state index is 0.128. The fourth-order valence-electron chi connectivity index (χ4n) is 2.48. The molecule has 1 atom stereocenters. The number of fused-ring (bicyclic) bond motifs is 1. The fraction of sp³-hybridized carbons (Fsp3) is 0.308. The molecule has 0 radical (unpaired) electrons. The summed E-state index contributed by atoms with van der Waals surface area (Å²) in [4.78, 5) is 28.8. The van der Waals surface area contributed by atoms with Gasteiger partial charge in [0.05, 0.1) is 0 Å². The third-order valence-corrected chi connectivity index (χ3v) is 3.43. The molecule has 20 heavy (non-hydrogen) atoms. The van der Waals surface area contributed by atoms with Crippen molar-refractivity contribution in [2.45, 2.75) is 18.9 Å². The van der Waals surface area contributed by atoms with Crippen LogP contribution >= 0.6 is 0 Å². The second-order valence-corrected chi connectivity index (χ2v) is 4.73. The molecule has 1 unspecified atom stereocenters. The van der Waals surface area contributed by atoms with Crippen LogP contribution in [0.2, 0.25) is 0 Å². The molecule has 0 bridgehead atoms. The summed E-state index contributed by atoms with van der Waals surface area (Å²) in [5.74, 6) is -1.87. The number of nitrogens with zero attached hydrogens (tertiary/aromatic N) is 3. The summed E-state index contributed by atoms with van der Waals surface area (Å²) in [6.07, 6.45) is 3.74. The molecule has 1 aliphatic rings. The molecule has 1 saturated heterocycles. The van der Waals surface area contributed by atoms with Crippen molar-refractivity contribution in [3.05, 3.63) is 36.0 Å². The van der Waals surface area contributed by atoms with E-state index in [4.69, 9.17) is 5.11 Å². The van der Waals surface area contributed by atoms with Crippen molar-refractivity contribution < 1.29 is 19.1 Å². The lowest BCUT2D eigenvalue weighted by molar-refractivity contribution is -0.141. The van der Waals surface area contributed by atoms with Crippen LogP contribution in [0.1, 0.15) is 23.3 Å². The van der Waals surface area contributed by atoms with Gasteiger partial charge in [-0.1, -0.05) is 0 Å². The highest BCUT2D eigenvalue weighted by Gasteiger charge is 2.35. The van der Waals surface area contributed by atoms with E-state index in [1.165, 1.54) is 33.8 Å². The maximum Gasteiger partial charge on any atom is 0.326 e. The smallest absolute Gasteiger partial charge is 0.326 e. The van der Waals surface area contributed by atoms with Gasteiger partial charge in [-0.15, -0.1) is 0 Å². The lowest BCUT2D eigenvalue weighted by atomic mass is 10.2. The molecule has 7 heteroatoms. The normalized spacial score (nSPS) is 18.6. The van der Waals surface area contributed by atoms with E-state index in [2.05, 4.69) is 4.98 Å². The van der Waals surface area contributed by atoms with Crippen LogP contribution in [0.4, 0.5) is 4.39 Å². The first kappa shape index (κ1) is 12.6. The van der Waals surface area contributed by atoms with Gasteiger partial charge in [0.25, 0.3) is 5.91 Å². The number of carboxylic acids is 1. The molecule has 1 amide bonds. The quantitative estimate of drug-likeness (QED) is 0.894. The topological polar surface area (TPSA) is 74.9 Å². The molecule has 1 aliphatic heterocycles. The molecule has 3 rings (SSSR count). The van der Waals surface area contributed by atoms with Crippen molar-refractivity contribution in [2.24, 2.45) is 0 Å². The van der Waals surface area contributed by atoms with Crippen LogP contribution in [-0.4, -0.2) is 43.9 Å². The van der Waals surface area contributed by atoms with Gasteiger partial charge < -0.3 is 14.4 Å². The van der Waals surface area contributed by atoms with E-state index in [-0.39, 0.29) is 5.69 Å². The molecule has 0 aromatic carbocycles. The van der Waals surface area contributed by atoms with Crippen LogP contribution < -0.4 is 0 Å². The Morgan fingerprint density at radius 3 is 2.90 bits per heavy atom. The Morgan fingerprint density at radius 1 is 1.35 bits per heavy atom. The molecule has 0 aliphatic carbocycles. The standard InChI is InChI=1S/C13H12FN3O3/c14-8-3-4-11-15-9(7-16(11)6-8)12(18)17-5-1-2-10(17)13(19)20/h3-4,6-7,10H,1-2,5H2,(H,19,20). The number of carbonyl (C=O) groups is 2. The van der Waals surface area contributed by atoms with Crippen LogP contribution in [0.3, 0.4) is 0 Å². The van der Waals surface area contributed by atoms with Crippen LogP contribution in [0.25, 0.3) is 5.65 Å². The monoisotopic (exact) mass is 277 g/mol. The molecule has 0 saturated carbocycles. The summed E-state index contributed by atoms with van der Waals surface area (Å²) >= 11 is 0. The summed E-state index contributed by atoms with van der Waals surface area (Å²) in [5.41, 5.74) is 0.574. The zero-order chi connectivity index (χ0) is 14.3. The molecule has 2 aromatic rings. The predicted octanol–water partition coefficient (Wildman–Crippen LogP) is 1.16. The summed E-state index contributed by atoms with van der Waals surface area (Å²) in [6.45, 7) is 0.401. The average molecular weight is 277 g/mol. The number of pyridine rings is 1. The van der Waals surface area contributed by atoms with Gasteiger partial charge in [-0.25, -0.2) is 14.2 Å². The van der Waals surface area contributed by atoms with Crippen molar-refractivity contribution in [2.75, 3.05) is 6.54 Å². The second-order valence-electron chi connectivity index (χ2n) is 4.73. The second kappa shape index (κ2) is 4.59. The average Bonchev–Trinajstić information content (AvgIpc) is 3.03. The molecule has 6 nitrogen and oxygen atoms in total. The van der Waals surface area contributed by atoms with Gasteiger partial charge in [-0.2, -0.15) is 0 Å². The number of aromatic nitrogens is 2. The molecule has 3 heterocycles. The van der Waals surface area contributed by atoms with E-state index in [0.717, 1.165) is 0 Å². The van der Waals surface area contributed by atoms with E-state index in [9.17, 15) is 14.0 Å². The maximum atomic E-state index is 13.1. The van der Waals surface area contributed by atoms with E-state index < -0.39 is 23.7 Å². The van der Waals surface area contributed by atoms with Crippen LogP contribution in [0.15, 0.2) is 24.5 Å². The number of hydrogen-bond donors (Lipinski definition) is 1. The third kappa shape index (κ3) is 2.01. The number of hydrogen-bond acceptors (Lipinski definition) is 3. The van der Waals surface area contributed by atoms with Gasteiger partial charge in [-0.05, 0) is 25.0 Å². The first-order valence-corrected chi connectivity index (χ1v) is 6.24. The van der Waals surface area contributed by atoms with Gasteiger partial charge in [0, 0.05) is 18.9 Å². The van der Waals surface area contributed by atoms with E-state index >= 15 is 0 Å². The predicted molar refractivity (Wildman–Crippen MR) is 66.8 cm³/mol. The number of amides is 1. The first-order chi connectivity index (χ1) is 9.56. The first-order valence-electron chi connectivity index (χ1n) is 6.24. The SMILES string of the molecule is O=C(O)C1CCCN1C(=O)c1cn2cc(F)ccc2n1. The molecule has 1 N–H and O–H groups in total. The van der Waals surface area contributed by atoms with Crippen molar-refractivity contribution in [3.63, 3.8) is 0 Å². The number of likely N-dealkylation sites (tertiary alicyclic amines) is 1. The maximum absolute atomic E-state index is 13.1. The minimum atomic E-state index is -1.01. The Morgan fingerprint density at radius 2 is 2.15 bits per heavy atom. The highest BCUT2D eigenvalue weighted by molar-refractivity contribution is 5.95. The van der Waals surface area contributed by atoms with Crippen molar-refractivity contribution >= 4 is 17.5 Å². The number of halogens is 1.